The van der Waals surface area contributed by atoms with Crippen LogP contribution in [0.1, 0.15) is 52.2 Å². The average molecular weight is 509 g/mol. The lowest BCUT2D eigenvalue weighted by Gasteiger charge is -2.39. The Bertz CT molecular complexity index is 1230. The van der Waals surface area contributed by atoms with Gasteiger partial charge in [-0.15, -0.1) is 0 Å². The molecular formula is C24H26F3N3O6. The van der Waals surface area contributed by atoms with Gasteiger partial charge in [-0.05, 0) is 19.8 Å². The van der Waals surface area contributed by atoms with Gasteiger partial charge in [-0.1, -0.05) is 0 Å². The highest BCUT2D eigenvalue weighted by Crippen LogP contribution is 2.37. The Morgan fingerprint density at radius 2 is 1.89 bits per heavy atom. The molecule has 4 rings (SSSR count). The number of carbonyl (C=O) groups is 2. The summed E-state index contributed by atoms with van der Waals surface area (Å²) in [5.74, 6) is -6.16. The lowest BCUT2D eigenvalue weighted by molar-refractivity contribution is 0.0400. The number of aliphatic hydroxyl groups excluding tert-OH is 1. The van der Waals surface area contributed by atoms with E-state index in [4.69, 9.17) is 9.84 Å². The summed E-state index contributed by atoms with van der Waals surface area (Å²) in [5, 5.41) is 22.0. The predicted molar refractivity (Wildman–Crippen MR) is 120 cm³/mol. The van der Waals surface area contributed by atoms with Gasteiger partial charge in [-0.25, -0.2) is 13.2 Å². The van der Waals surface area contributed by atoms with Gasteiger partial charge in [0.05, 0.1) is 25.9 Å². The van der Waals surface area contributed by atoms with E-state index in [0.29, 0.717) is 25.0 Å². The zero-order chi connectivity index (χ0) is 26.1. The van der Waals surface area contributed by atoms with Crippen molar-refractivity contribution < 1.29 is 37.7 Å². The van der Waals surface area contributed by atoms with Crippen molar-refractivity contribution in [2.75, 3.05) is 26.4 Å². The number of nitrogens with one attached hydrogen (secondary N) is 1. The van der Waals surface area contributed by atoms with Gasteiger partial charge in [0.25, 0.3) is 11.8 Å². The van der Waals surface area contributed by atoms with E-state index < -0.39 is 64.2 Å². The van der Waals surface area contributed by atoms with E-state index in [1.807, 2.05) is 6.92 Å². The Labute approximate surface area is 204 Å². The number of amides is 2. The van der Waals surface area contributed by atoms with E-state index in [1.54, 1.807) is 4.90 Å². The molecule has 3 atom stereocenters. The normalized spacial score (nSPS) is 21.2. The van der Waals surface area contributed by atoms with Gasteiger partial charge < -0.3 is 29.7 Å². The first kappa shape index (κ1) is 25.7. The molecule has 2 aliphatic heterocycles. The van der Waals surface area contributed by atoms with Crippen LogP contribution >= 0.6 is 0 Å². The number of aromatic hydroxyl groups is 1. The molecule has 0 radical (unpaired) electrons. The second-order valence-electron chi connectivity index (χ2n) is 9.02. The third kappa shape index (κ3) is 4.70. The van der Waals surface area contributed by atoms with E-state index >= 15 is 0 Å². The molecule has 3 N–H and O–H groups in total. The molecule has 1 aromatic carbocycles. The molecular weight excluding hydrogens is 483 g/mol. The van der Waals surface area contributed by atoms with Crippen LogP contribution in [0.5, 0.6) is 5.75 Å². The fraction of sp³-hybridized carbons (Fsp3) is 0.458. The summed E-state index contributed by atoms with van der Waals surface area (Å²) in [6.07, 6.45) is 2.47. The number of carbonyl (C=O) groups excluding carboxylic acids is 2. The van der Waals surface area contributed by atoms with Crippen LogP contribution < -0.4 is 10.7 Å². The molecule has 1 aromatic heterocycles. The number of halogens is 3. The molecule has 1 unspecified atom stereocenters. The van der Waals surface area contributed by atoms with Crippen LogP contribution in [0.4, 0.5) is 13.2 Å². The van der Waals surface area contributed by atoms with Gasteiger partial charge in [-0.3, -0.25) is 14.4 Å². The summed E-state index contributed by atoms with van der Waals surface area (Å²) < 4.78 is 48.0. The molecule has 12 heteroatoms. The van der Waals surface area contributed by atoms with Crippen LogP contribution in [-0.4, -0.2) is 63.9 Å². The maximum Gasteiger partial charge on any atom is 0.274 e. The summed E-state index contributed by atoms with van der Waals surface area (Å²) in [4.78, 5) is 40.4. The van der Waals surface area contributed by atoms with Crippen LogP contribution in [0.15, 0.2) is 23.1 Å². The highest BCUT2D eigenvalue weighted by Gasteiger charge is 2.42. The van der Waals surface area contributed by atoms with Crippen LogP contribution in [0, 0.1) is 23.4 Å². The number of hydrogen-bond acceptors (Lipinski definition) is 6. The SMILES string of the molecule is C[C@H]1CCC(COCCO)[C@H]2CN1C(=O)c1c(O)c(=O)c(C(=O)NCc3c(F)cc(F)cc3F)cn12. The second-order valence-corrected chi connectivity index (χ2v) is 9.02. The molecule has 2 amide bonds. The van der Waals surface area contributed by atoms with Crippen LogP contribution in [0.2, 0.25) is 0 Å². The molecule has 2 aromatic rings. The summed E-state index contributed by atoms with van der Waals surface area (Å²) in [5.41, 5.74) is -2.47. The molecule has 194 valence electrons. The van der Waals surface area contributed by atoms with E-state index in [1.165, 1.54) is 10.8 Å². The molecule has 9 nitrogen and oxygen atoms in total. The molecule has 2 bridgehead atoms. The number of pyridine rings is 1. The first-order valence-corrected chi connectivity index (χ1v) is 11.5. The molecule has 2 aliphatic rings. The Morgan fingerprint density at radius 1 is 1.19 bits per heavy atom. The number of aromatic nitrogens is 1. The number of aliphatic hydroxyl groups is 1. The quantitative estimate of drug-likeness (QED) is 0.489. The maximum atomic E-state index is 13.9. The minimum atomic E-state index is -1.21. The first-order chi connectivity index (χ1) is 17.1. The van der Waals surface area contributed by atoms with Crippen LogP contribution in [-0.2, 0) is 11.3 Å². The van der Waals surface area contributed by atoms with E-state index in [-0.39, 0.29) is 44.0 Å². The largest absolute Gasteiger partial charge is 0.503 e. The summed E-state index contributed by atoms with van der Waals surface area (Å²) in [6, 6.07) is 0.335. The Kier molecular flexibility index (Phi) is 7.36. The number of fused-ring (bicyclic) bond motifs is 4. The van der Waals surface area contributed by atoms with E-state index in [0.717, 1.165) is 0 Å². The number of rotatable bonds is 7. The highest BCUT2D eigenvalue weighted by molar-refractivity contribution is 5.99. The van der Waals surface area contributed by atoms with Crippen molar-refractivity contribution in [1.82, 2.24) is 14.8 Å². The first-order valence-electron chi connectivity index (χ1n) is 11.5. The van der Waals surface area contributed by atoms with Gasteiger partial charge >= 0.3 is 0 Å². The van der Waals surface area contributed by atoms with Crippen molar-refractivity contribution in [3.05, 3.63) is 62.8 Å². The molecule has 1 fully saturated rings. The second kappa shape index (κ2) is 10.3. The summed E-state index contributed by atoms with van der Waals surface area (Å²) in [7, 11) is 0. The summed E-state index contributed by atoms with van der Waals surface area (Å²) in [6.45, 7) is 1.65. The van der Waals surface area contributed by atoms with Crippen molar-refractivity contribution >= 4 is 11.8 Å². The van der Waals surface area contributed by atoms with Gasteiger partial charge in [0.15, 0.2) is 11.4 Å². The molecule has 36 heavy (non-hydrogen) atoms. The minimum absolute atomic E-state index is 0.119. The van der Waals surface area contributed by atoms with Crippen LogP contribution in [0.3, 0.4) is 0 Å². The van der Waals surface area contributed by atoms with Gasteiger partial charge in [0.2, 0.25) is 5.43 Å². The minimum Gasteiger partial charge on any atom is -0.503 e. The standard InChI is InChI=1S/C24H26F3N3O6/c1-12-2-3-13(11-36-5-4-31)19-10-29(12)24(35)20-22(33)21(32)16(9-30(19)20)23(34)28-8-15-17(26)6-14(25)7-18(15)27/h6-7,9,12-13,19,31,33H,2-5,8,10-11H2,1H3,(H,28,34)/t12-,13?,19+/m0/s1. The van der Waals surface area contributed by atoms with Gasteiger partial charge in [0.1, 0.15) is 23.0 Å². The number of hydrogen-bond donors (Lipinski definition) is 3. The van der Waals surface area contributed by atoms with Gasteiger partial charge in [0, 0.05) is 48.9 Å². The fourth-order valence-corrected chi connectivity index (χ4v) is 4.82. The monoisotopic (exact) mass is 509 g/mol. The third-order valence-corrected chi connectivity index (χ3v) is 6.79. The topological polar surface area (TPSA) is 121 Å². The molecule has 1 saturated heterocycles. The average Bonchev–Trinajstić information content (AvgIpc) is 2.96. The Balaban J connectivity index is 1.69. The summed E-state index contributed by atoms with van der Waals surface area (Å²) >= 11 is 0. The zero-order valence-electron chi connectivity index (χ0n) is 19.5. The fourth-order valence-electron chi connectivity index (χ4n) is 4.82. The van der Waals surface area contributed by atoms with E-state index in [9.17, 15) is 32.7 Å². The lowest BCUT2D eigenvalue weighted by atomic mass is 9.94. The number of benzene rings is 1. The highest BCUT2D eigenvalue weighted by atomic mass is 19.1. The van der Waals surface area contributed by atoms with Gasteiger partial charge in [-0.2, -0.15) is 0 Å². The molecule has 0 aliphatic carbocycles. The number of ether oxygens (including phenoxy) is 1. The maximum absolute atomic E-state index is 13.9. The molecule has 0 saturated carbocycles. The smallest absolute Gasteiger partial charge is 0.274 e. The van der Waals surface area contributed by atoms with Crippen LogP contribution in [0.25, 0.3) is 0 Å². The van der Waals surface area contributed by atoms with Crippen molar-refractivity contribution in [3.8, 4) is 5.75 Å². The zero-order valence-corrected chi connectivity index (χ0v) is 19.5. The van der Waals surface area contributed by atoms with Crippen molar-refractivity contribution in [3.63, 3.8) is 0 Å². The molecule has 0 spiro atoms. The number of nitrogens with zero attached hydrogens (tertiary/aromatic N) is 2. The van der Waals surface area contributed by atoms with Crippen molar-refractivity contribution in [2.24, 2.45) is 5.92 Å². The predicted octanol–water partition coefficient (Wildman–Crippen LogP) is 1.71. The Hall–Kier alpha value is -3.38. The molecule has 3 heterocycles. The lowest BCUT2D eigenvalue weighted by Crippen LogP contribution is -2.48. The Morgan fingerprint density at radius 3 is 2.56 bits per heavy atom. The van der Waals surface area contributed by atoms with E-state index in [2.05, 4.69) is 5.32 Å². The van der Waals surface area contributed by atoms with Crippen molar-refractivity contribution in [2.45, 2.75) is 38.4 Å². The third-order valence-electron chi connectivity index (χ3n) is 6.79. The van der Waals surface area contributed by atoms with Crippen molar-refractivity contribution in [1.29, 1.82) is 0 Å².